The molecule has 2 aromatic carbocycles. The highest BCUT2D eigenvalue weighted by Crippen LogP contribution is 2.25. The summed E-state index contributed by atoms with van der Waals surface area (Å²) in [6, 6.07) is 12.9. The quantitative estimate of drug-likeness (QED) is 0.622. The summed E-state index contributed by atoms with van der Waals surface area (Å²) in [7, 11) is 6.06. The Labute approximate surface area is 174 Å². The Morgan fingerprint density at radius 3 is 2.62 bits per heavy atom. The number of rotatable bonds is 7. The number of amides is 1. The van der Waals surface area contributed by atoms with Gasteiger partial charge in [-0.1, -0.05) is 29.8 Å². The number of fused-ring (bicyclic) bond motifs is 1. The van der Waals surface area contributed by atoms with E-state index in [0.29, 0.717) is 10.8 Å². The van der Waals surface area contributed by atoms with Crippen LogP contribution in [0.5, 0.6) is 0 Å². The monoisotopic (exact) mass is 413 g/mol. The van der Waals surface area contributed by atoms with Crippen molar-refractivity contribution >= 4 is 39.7 Å². The number of nitrogens with one attached hydrogen (secondary N) is 2. The van der Waals surface area contributed by atoms with Gasteiger partial charge >= 0.3 is 0 Å². The SMILES string of the molecule is CN(C)CCN(C)c1ccccc1NC(=O)Cc1ccc2c(=O)[nH]nc(Cl)c2c1. The van der Waals surface area contributed by atoms with Gasteiger partial charge < -0.3 is 15.1 Å². The topological polar surface area (TPSA) is 81.3 Å². The van der Waals surface area contributed by atoms with Crippen molar-refractivity contribution in [2.45, 2.75) is 6.42 Å². The second kappa shape index (κ2) is 9.07. The number of H-pyrrole nitrogens is 1. The van der Waals surface area contributed by atoms with Crippen molar-refractivity contribution in [3.63, 3.8) is 0 Å². The number of halogens is 1. The van der Waals surface area contributed by atoms with Crippen LogP contribution in [0, 0.1) is 0 Å². The van der Waals surface area contributed by atoms with Gasteiger partial charge in [0.2, 0.25) is 5.91 Å². The van der Waals surface area contributed by atoms with Crippen LogP contribution in [0.25, 0.3) is 10.8 Å². The van der Waals surface area contributed by atoms with Gasteiger partial charge in [-0.3, -0.25) is 9.59 Å². The summed E-state index contributed by atoms with van der Waals surface area (Å²) in [5.41, 5.74) is 2.16. The first-order valence-electron chi connectivity index (χ1n) is 9.26. The van der Waals surface area contributed by atoms with E-state index in [1.165, 1.54) is 0 Å². The summed E-state index contributed by atoms with van der Waals surface area (Å²) in [6.45, 7) is 1.74. The van der Waals surface area contributed by atoms with Crippen LogP contribution in [-0.4, -0.2) is 55.2 Å². The van der Waals surface area contributed by atoms with Gasteiger partial charge in [-0.05, 0) is 43.9 Å². The molecule has 2 N–H and O–H groups in total. The van der Waals surface area contributed by atoms with Crippen molar-refractivity contribution in [1.82, 2.24) is 15.1 Å². The summed E-state index contributed by atoms with van der Waals surface area (Å²) in [6.07, 6.45) is 0.162. The molecule has 1 amide bonds. The zero-order valence-corrected chi connectivity index (χ0v) is 17.5. The third kappa shape index (κ3) is 5.13. The van der Waals surface area contributed by atoms with Gasteiger partial charge in [-0.25, -0.2) is 5.10 Å². The van der Waals surface area contributed by atoms with Crippen LogP contribution in [-0.2, 0) is 11.2 Å². The fourth-order valence-electron chi connectivity index (χ4n) is 3.05. The van der Waals surface area contributed by atoms with Gasteiger partial charge in [-0.15, -0.1) is 0 Å². The Bertz CT molecular complexity index is 1080. The predicted molar refractivity (Wildman–Crippen MR) is 118 cm³/mol. The molecule has 1 aromatic heterocycles. The lowest BCUT2D eigenvalue weighted by Gasteiger charge is -2.24. The number of aromatic nitrogens is 2. The molecule has 0 aliphatic carbocycles. The van der Waals surface area contributed by atoms with Crippen molar-refractivity contribution < 1.29 is 4.79 Å². The minimum Gasteiger partial charge on any atom is -0.372 e. The molecule has 0 aliphatic heterocycles. The molecule has 0 atom stereocenters. The lowest BCUT2D eigenvalue weighted by Crippen LogP contribution is -2.29. The first-order chi connectivity index (χ1) is 13.8. The molecular formula is C21H24ClN5O2. The molecule has 3 aromatic rings. The van der Waals surface area contributed by atoms with E-state index in [0.717, 1.165) is 30.0 Å². The van der Waals surface area contributed by atoms with E-state index in [2.05, 4.69) is 25.3 Å². The first-order valence-corrected chi connectivity index (χ1v) is 9.64. The standard InChI is InChI=1S/C21H24ClN5O2/c1-26(2)10-11-27(3)18-7-5-4-6-17(18)23-19(28)13-14-8-9-15-16(12-14)20(22)24-25-21(15)29/h4-9,12H,10-11,13H2,1-3H3,(H,23,28)(H,25,29). The Hall–Kier alpha value is -2.90. The Morgan fingerprint density at radius 2 is 1.86 bits per heavy atom. The maximum Gasteiger partial charge on any atom is 0.272 e. The summed E-state index contributed by atoms with van der Waals surface area (Å²) in [5.74, 6) is -0.147. The highest BCUT2D eigenvalue weighted by Gasteiger charge is 2.12. The molecule has 0 fully saturated rings. The van der Waals surface area contributed by atoms with Crippen LogP contribution in [0.1, 0.15) is 5.56 Å². The lowest BCUT2D eigenvalue weighted by molar-refractivity contribution is -0.115. The van der Waals surface area contributed by atoms with Crippen LogP contribution in [0.4, 0.5) is 11.4 Å². The number of benzene rings is 2. The molecule has 7 nitrogen and oxygen atoms in total. The molecule has 0 saturated carbocycles. The molecule has 0 unspecified atom stereocenters. The van der Waals surface area contributed by atoms with Crippen molar-refractivity contribution in [2.24, 2.45) is 0 Å². The molecular weight excluding hydrogens is 390 g/mol. The van der Waals surface area contributed by atoms with E-state index in [9.17, 15) is 9.59 Å². The van der Waals surface area contributed by atoms with Gasteiger partial charge in [0.15, 0.2) is 5.15 Å². The maximum absolute atomic E-state index is 12.7. The van der Waals surface area contributed by atoms with E-state index < -0.39 is 0 Å². The summed E-state index contributed by atoms with van der Waals surface area (Å²) < 4.78 is 0. The number of carbonyl (C=O) groups is 1. The van der Waals surface area contributed by atoms with Crippen LogP contribution in [0.2, 0.25) is 5.15 Å². The average Bonchev–Trinajstić information content (AvgIpc) is 2.69. The number of nitrogens with zero attached hydrogens (tertiary/aromatic N) is 3. The summed E-state index contributed by atoms with van der Waals surface area (Å²) in [5, 5.41) is 10.3. The predicted octanol–water partition coefficient (Wildman–Crippen LogP) is 2.76. The normalized spacial score (nSPS) is 11.1. The fourth-order valence-corrected chi connectivity index (χ4v) is 3.25. The fraction of sp³-hybridized carbons (Fsp3) is 0.286. The van der Waals surface area contributed by atoms with Crippen LogP contribution in [0.15, 0.2) is 47.3 Å². The molecule has 0 aliphatic rings. The summed E-state index contributed by atoms with van der Waals surface area (Å²) in [4.78, 5) is 28.7. The molecule has 1 heterocycles. The van der Waals surface area contributed by atoms with Crippen LogP contribution in [0.3, 0.4) is 0 Å². The highest BCUT2D eigenvalue weighted by molar-refractivity contribution is 6.34. The van der Waals surface area contributed by atoms with E-state index in [1.807, 2.05) is 45.4 Å². The third-order valence-electron chi connectivity index (χ3n) is 4.64. The average molecular weight is 414 g/mol. The van der Waals surface area contributed by atoms with E-state index >= 15 is 0 Å². The first kappa shape index (κ1) is 20.8. The molecule has 8 heteroatoms. The molecule has 0 radical (unpaired) electrons. The van der Waals surface area contributed by atoms with Crippen molar-refractivity contribution in [3.05, 3.63) is 63.5 Å². The Kier molecular flexibility index (Phi) is 6.51. The number of anilines is 2. The second-order valence-electron chi connectivity index (χ2n) is 7.19. The van der Waals surface area contributed by atoms with E-state index in [1.54, 1.807) is 18.2 Å². The van der Waals surface area contributed by atoms with Gasteiger partial charge in [-0.2, -0.15) is 5.10 Å². The molecule has 152 valence electrons. The minimum atomic E-state index is -0.310. The smallest absolute Gasteiger partial charge is 0.272 e. The van der Waals surface area contributed by atoms with Gasteiger partial charge in [0.25, 0.3) is 5.56 Å². The second-order valence-corrected chi connectivity index (χ2v) is 7.55. The third-order valence-corrected chi connectivity index (χ3v) is 4.93. The molecule has 0 bridgehead atoms. The molecule has 0 saturated heterocycles. The van der Waals surface area contributed by atoms with Gasteiger partial charge in [0, 0.05) is 25.5 Å². The molecule has 0 spiro atoms. The lowest BCUT2D eigenvalue weighted by atomic mass is 10.1. The maximum atomic E-state index is 12.7. The number of hydrogen-bond donors (Lipinski definition) is 2. The number of carbonyl (C=O) groups excluding carboxylic acids is 1. The van der Waals surface area contributed by atoms with Crippen molar-refractivity contribution in [3.8, 4) is 0 Å². The Morgan fingerprint density at radius 1 is 1.10 bits per heavy atom. The number of likely N-dealkylation sites (N-methyl/N-ethyl adjacent to an activating group) is 2. The van der Waals surface area contributed by atoms with E-state index in [-0.39, 0.29) is 23.0 Å². The zero-order chi connectivity index (χ0) is 21.0. The molecule has 3 rings (SSSR count). The van der Waals surface area contributed by atoms with Crippen molar-refractivity contribution in [2.75, 3.05) is 44.4 Å². The number of hydrogen-bond acceptors (Lipinski definition) is 5. The number of aromatic amines is 1. The molecule has 29 heavy (non-hydrogen) atoms. The van der Waals surface area contributed by atoms with Crippen LogP contribution < -0.4 is 15.8 Å². The minimum absolute atomic E-state index is 0.147. The highest BCUT2D eigenvalue weighted by atomic mass is 35.5. The summed E-state index contributed by atoms with van der Waals surface area (Å²) >= 11 is 6.08. The van der Waals surface area contributed by atoms with E-state index in [4.69, 9.17) is 11.6 Å². The largest absolute Gasteiger partial charge is 0.372 e. The van der Waals surface area contributed by atoms with Gasteiger partial charge in [0.1, 0.15) is 0 Å². The van der Waals surface area contributed by atoms with Crippen LogP contribution >= 0.6 is 11.6 Å². The van der Waals surface area contributed by atoms with Crippen molar-refractivity contribution in [1.29, 1.82) is 0 Å². The van der Waals surface area contributed by atoms with Gasteiger partial charge in [0.05, 0.1) is 23.2 Å². The number of para-hydroxylation sites is 2. The Balaban J connectivity index is 1.75. The zero-order valence-electron chi connectivity index (χ0n) is 16.7.